The van der Waals surface area contributed by atoms with Gasteiger partial charge >= 0.3 is 5.97 Å². The van der Waals surface area contributed by atoms with E-state index in [4.69, 9.17) is 9.47 Å². The number of aliphatic hydroxyl groups is 1. The summed E-state index contributed by atoms with van der Waals surface area (Å²) in [6, 6.07) is 2.73. The lowest BCUT2D eigenvalue weighted by Crippen LogP contribution is -2.48. The Bertz CT molecular complexity index is 1390. The van der Waals surface area contributed by atoms with Crippen LogP contribution in [-0.4, -0.2) is 64.1 Å². The highest BCUT2D eigenvalue weighted by atomic mass is 16.5. The molecule has 2 aliphatic carbocycles. The first kappa shape index (κ1) is 36.0. The number of methoxy groups -OCH3 is 1. The van der Waals surface area contributed by atoms with Crippen molar-refractivity contribution in [3.05, 3.63) is 65.8 Å². The van der Waals surface area contributed by atoms with Crippen molar-refractivity contribution in [3.63, 3.8) is 0 Å². The second-order valence-corrected chi connectivity index (χ2v) is 13.1. The maximum atomic E-state index is 13.5. The SMILES string of the molecule is COC1C=CC=CC=CCC(OC(=O)C2(NC(=O)C3CCCCC3)CC2)C(C)C(O)C(C)=CCCc2cc(O)cc(c2O)NC(=O)C1. The van der Waals surface area contributed by atoms with Gasteiger partial charge in [-0.05, 0) is 62.7 Å². The summed E-state index contributed by atoms with van der Waals surface area (Å²) >= 11 is 0. The van der Waals surface area contributed by atoms with Gasteiger partial charge in [0.15, 0.2) is 0 Å². The fraction of sp³-hybridized carbons (Fsp3) is 0.541. The van der Waals surface area contributed by atoms with Gasteiger partial charge in [0.25, 0.3) is 0 Å². The zero-order chi connectivity index (χ0) is 34.0. The van der Waals surface area contributed by atoms with E-state index in [1.54, 1.807) is 31.2 Å². The average molecular weight is 651 g/mol. The molecule has 4 unspecified atom stereocenters. The van der Waals surface area contributed by atoms with Crippen molar-refractivity contribution in [2.75, 3.05) is 12.4 Å². The van der Waals surface area contributed by atoms with Crippen LogP contribution in [-0.2, 0) is 30.3 Å². The predicted octanol–water partition coefficient (Wildman–Crippen LogP) is 5.53. The van der Waals surface area contributed by atoms with Crippen LogP contribution in [0.25, 0.3) is 0 Å². The van der Waals surface area contributed by atoms with Crippen molar-refractivity contribution in [2.24, 2.45) is 11.8 Å². The van der Waals surface area contributed by atoms with Crippen molar-refractivity contribution >= 4 is 23.5 Å². The van der Waals surface area contributed by atoms with E-state index in [1.807, 2.05) is 25.2 Å². The van der Waals surface area contributed by atoms with Gasteiger partial charge in [0.05, 0.1) is 24.3 Å². The third kappa shape index (κ3) is 10.0. The van der Waals surface area contributed by atoms with Gasteiger partial charge in [-0.15, -0.1) is 0 Å². The maximum absolute atomic E-state index is 13.5. The van der Waals surface area contributed by atoms with Gasteiger partial charge < -0.3 is 35.4 Å². The van der Waals surface area contributed by atoms with Crippen molar-refractivity contribution in [1.29, 1.82) is 0 Å². The van der Waals surface area contributed by atoms with Crippen LogP contribution in [0.3, 0.4) is 0 Å². The molecular formula is C37H50N2O8. The molecule has 0 spiro atoms. The summed E-state index contributed by atoms with van der Waals surface area (Å²) in [7, 11) is 1.50. The van der Waals surface area contributed by atoms with Crippen LogP contribution in [0.5, 0.6) is 11.5 Å². The van der Waals surface area contributed by atoms with E-state index in [2.05, 4.69) is 10.6 Å². The number of amides is 2. The van der Waals surface area contributed by atoms with Crippen LogP contribution in [0.4, 0.5) is 5.69 Å². The van der Waals surface area contributed by atoms with Gasteiger partial charge in [-0.3, -0.25) is 9.59 Å². The quantitative estimate of drug-likeness (QED) is 0.121. The van der Waals surface area contributed by atoms with E-state index in [-0.39, 0.29) is 35.4 Å². The topological polar surface area (TPSA) is 154 Å². The number of rotatable bonds is 5. The number of allylic oxidation sites excluding steroid dienone is 5. The molecular weight excluding hydrogens is 600 g/mol. The smallest absolute Gasteiger partial charge is 0.332 e. The molecule has 2 saturated carbocycles. The minimum atomic E-state index is -1.00. The van der Waals surface area contributed by atoms with E-state index < -0.39 is 41.6 Å². The second kappa shape index (κ2) is 16.8. The molecule has 256 valence electrons. The number of aromatic hydroxyl groups is 2. The molecule has 3 aliphatic rings. The highest BCUT2D eigenvalue weighted by Gasteiger charge is 2.54. The molecule has 2 bridgehead atoms. The van der Waals surface area contributed by atoms with Crippen LogP contribution >= 0.6 is 0 Å². The molecule has 1 aromatic rings. The van der Waals surface area contributed by atoms with Gasteiger partial charge in [0.1, 0.15) is 23.1 Å². The fourth-order valence-electron chi connectivity index (χ4n) is 6.21. The Morgan fingerprint density at radius 1 is 1.04 bits per heavy atom. The fourth-order valence-corrected chi connectivity index (χ4v) is 6.21. The number of hydrogen-bond donors (Lipinski definition) is 5. The lowest BCUT2D eigenvalue weighted by atomic mass is 9.88. The molecule has 4 atom stereocenters. The Morgan fingerprint density at radius 3 is 2.47 bits per heavy atom. The van der Waals surface area contributed by atoms with E-state index in [0.29, 0.717) is 43.2 Å². The Morgan fingerprint density at radius 2 is 1.77 bits per heavy atom. The van der Waals surface area contributed by atoms with E-state index in [0.717, 1.165) is 32.1 Å². The molecule has 1 aromatic carbocycles. The Labute approximate surface area is 277 Å². The lowest BCUT2D eigenvalue weighted by molar-refractivity contribution is -0.158. The number of nitrogens with one attached hydrogen (secondary N) is 2. The first-order valence-corrected chi connectivity index (χ1v) is 16.8. The molecule has 1 heterocycles. The number of anilines is 1. The second-order valence-electron chi connectivity index (χ2n) is 13.1. The number of carbonyl (C=O) groups is 3. The zero-order valence-corrected chi connectivity index (χ0v) is 27.7. The summed E-state index contributed by atoms with van der Waals surface area (Å²) in [6.45, 7) is 3.64. The van der Waals surface area contributed by atoms with Crippen molar-refractivity contribution in [3.8, 4) is 11.5 Å². The molecule has 1 aliphatic heterocycles. The molecule has 10 nitrogen and oxygen atoms in total. The molecule has 0 aromatic heterocycles. The number of esters is 1. The molecule has 4 rings (SSSR count). The van der Waals surface area contributed by atoms with Gasteiger partial charge in [-0.25, -0.2) is 4.79 Å². The number of benzene rings is 1. The largest absolute Gasteiger partial charge is 0.508 e. The zero-order valence-electron chi connectivity index (χ0n) is 27.7. The lowest BCUT2D eigenvalue weighted by Gasteiger charge is -2.30. The number of phenolic OH excluding ortho intramolecular Hbond substituents is 2. The van der Waals surface area contributed by atoms with Gasteiger partial charge in [-0.1, -0.05) is 68.7 Å². The molecule has 10 heteroatoms. The number of carbonyl (C=O) groups excluding carboxylic acids is 3. The van der Waals surface area contributed by atoms with Crippen molar-refractivity contribution in [1.82, 2.24) is 5.32 Å². The number of hydrogen-bond acceptors (Lipinski definition) is 8. The van der Waals surface area contributed by atoms with Crippen LogP contribution in [0.15, 0.2) is 60.2 Å². The Hall–Kier alpha value is -3.89. The van der Waals surface area contributed by atoms with E-state index >= 15 is 0 Å². The summed E-state index contributed by atoms with van der Waals surface area (Å²) in [4.78, 5) is 39.2. The number of ether oxygens (including phenoxy) is 2. The molecule has 0 saturated heterocycles. The third-order valence-corrected chi connectivity index (χ3v) is 9.47. The summed E-state index contributed by atoms with van der Waals surface area (Å²) in [6.07, 6.45) is 17.5. The van der Waals surface area contributed by atoms with Gasteiger partial charge in [0, 0.05) is 31.4 Å². The standard InChI is InChI=1S/C37H50N2O8/c1-24-13-12-16-27-21-28(40)22-30(34(27)43)38-32(41)23-29(46-3)17-10-5-4-6-11-18-31(25(2)33(24)42)47-36(45)37(19-20-37)39-35(44)26-14-8-7-9-15-26/h4-6,10-11,13,17,21-22,25-26,29,31,33,40,42-43H,7-9,12,14-16,18-20,23H2,1-3H3,(H,38,41)(H,39,44). The number of phenols is 2. The highest BCUT2D eigenvalue weighted by Crippen LogP contribution is 2.39. The first-order valence-electron chi connectivity index (χ1n) is 16.8. The monoisotopic (exact) mass is 650 g/mol. The van der Waals surface area contributed by atoms with Crippen LogP contribution in [0.2, 0.25) is 0 Å². The summed E-state index contributed by atoms with van der Waals surface area (Å²) in [5.41, 5.74) is 0.204. The highest BCUT2D eigenvalue weighted by molar-refractivity contribution is 5.93. The summed E-state index contributed by atoms with van der Waals surface area (Å²) < 4.78 is 11.5. The van der Waals surface area contributed by atoms with E-state index in [1.165, 1.54) is 19.2 Å². The van der Waals surface area contributed by atoms with Crippen LogP contribution in [0, 0.1) is 11.8 Å². The van der Waals surface area contributed by atoms with Gasteiger partial charge in [0.2, 0.25) is 11.8 Å². The molecule has 47 heavy (non-hydrogen) atoms. The molecule has 2 fully saturated rings. The van der Waals surface area contributed by atoms with Gasteiger partial charge in [-0.2, -0.15) is 0 Å². The maximum Gasteiger partial charge on any atom is 0.332 e. The summed E-state index contributed by atoms with van der Waals surface area (Å²) in [5, 5.41) is 38.1. The summed E-state index contributed by atoms with van der Waals surface area (Å²) in [5.74, 6) is -1.71. The molecule has 2 amide bonds. The van der Waals surface area contributed by atoms with E-state index in [9.17, 15) is 29.7 Å². The molecule has 5 N–H and O–H groups in total. The predicted molar refractivity (Wildman–Crippen MR) is 180 cm³/mol. The third-order valence-electron chi connectivity index (χ3n) is 9.47. The normalized spacial score (nSPS) is 26.0. The Balaban J connectivity index is 1.54. The van der Waals surface area contributed by atoms with Crippen LogP contribution in [0.1, 0.15) is 83.6 Å². The van der Waals surface area contributed by atoms with Crippen molar-refractivity contribution in [2.45, 2.75) is 108 Å². The minimum absolute atomic E-state index is 0.00549. The Kier molecular flexibility index (Phi) is 12.8. The van der Waals surface area contributed by atoms with Crippen molar-refractivity contribution < 1.29 is 39.2 Å². The number of aryl methyl sites for hydroxylation is 1. The molecule has 0 radical (unpaired) electrons. The minimum Gasteiger partial charge on any atom is -0.508 e. The first-order chi connectivity index (χ1) is 22.5. The van der Waals surface area contributed by atoms with Crippen LogP contribution < -0.4 is 10.6 Å². The number of aliphatic hydroxyl groups excluding tert-OH is 1. The number of fused-ring (bicyclic) bond motifs is 2. The average Bonchev–Trinajstić information content (AvgIpc) is 3.84.